The molecule has 122 valence electrons. The molecular weight excluding hydrogens is 280 g/mol. The molecule has 0 fully saturated rings. The second-order valence-electron chi connectivity index (χ2n) is 5.37. The number of esters is 1. The summed E-state index contributed by atoms with van der Waals surface area (Å²) in [5, 5.41) is 0. The molecule has 1 aromatic rings. The summed E-state index contributed by atoms with van der Waals surface area (Å²) in [6.45, 7) is 2.20. The van der Waals surface area contributed by atoms with E-state index in [4.69, 9.17) is 9.47 Å². The number of methoxy groups -OCH3 is 1. The molecule has 0 aromatic heterocycles. The first kappa shape index (κ1) is 18.2. The van der Waals surface area contributed by atoms with Gasteiger partial charge in [-0.05, 0) is 24.6 Å². The average molecular weight is 306 g/mol. The fraction of sp³-hybridized carbons (Fsp3) is 0.556. The van der Waals surface area contributed by atoms with Crippen molar-refractivity contribution in [2.24, 2.45) is 0 Å². The monoisotopic (exact) mass is 306 g/mol. The molecular formula is C18H26O4. The van der Waals surface area contributed by atoms with Gasteiger partial charge in [-0.3, -0.25) is 9.59 Å². The van der Waals surface area contributed by atoms with Gasteiger partial charge in [-0.2, -0.15) is 0 Å². The molecule has 1 rings (SSSR count). The number of carbonyl (C=O) groups excluding carboxylic acids is 2. The normalized spacial score (nSPS) is 10.3. The van der Waals surface area contributed by atoms with Gasteiger partial charge in [-0.25, -0.2) is 0 Å². The van der Waals surface area contributed by atoms with Gasteiger partial charge in [0.15, 0.2) is 11.5 Å². The molecule has 0 spiro atoms. The van der Waals surface area contributed by atoms with E-state index in [0.717, 1.165) is 19.1 Å². The highest BCUT2D eigenvalue weighted by Gasteiger charge is 2.10. The van der Waals surface area contributed by atoms with Crippen LogP contribution in [-0.2, 0) is 4.79 Å². The van der Waals surface area contributed by atoms with Crippen molar-refractivity contribution < 1.29 is 19.1 Å². The van der Waals surface area contributed by atoms with Crippen LogP contribution >= 0.6 is 0 Å². The fourth-order valence-electron chi connectivity index (χ4n) is 2.24. The van der Waals surface area contributed by atoms with E-state index >= 15 is 0 Å². The fourth-order valence-corrected chi connectivity index (χ4v) is 2.24. The zero-order valence-corrected chi connectivity index (χ0v) is 13.6. The van der Waals surface area contributed by atoms with E-state index in [1.54, 1.807) is 18.2 Å². The highest BCUT2D eigenvalue weighted by atomic mass is 16.6. The number of hydrogen-bond donors (Lipinski definition) is 0. The molecule has 0 amide bonds. The van der Waals surface area contributed by atoms with Crippen molar-refractivity contribution in [2.75, 3.05) is 7.11 Å². The molecule has 0 radical (unpaired) electrons. The summed E-state index contributed by atoms with van der Waals surface area (Å²) >= 11 is 0. The van der Waals surface area contributed by atoms with Gasteiger partial charge in [0.2, 0.25) is 0 Å². The summed E-state index contributed by atoms with van der Waals surface area (Å²) in [7, 11) is 1.48. The van der Waals surface area contributed by atoms with Crippen LogP contribution < -0.4 is 9.47 Å². The Bertz CT molecular complexity index is 468. The molecule has 0 saturated carbocycles. The van der Waals surface area contributed by atoms with Gasteiger partial charge >= 0.3 is 5.97 Å². The Morgan fingerprint density at radius 2 is 1.73 bits per heavy atom. The molecule has 0 N–H and O–H groups in total. The summed E-state index contributed by atoms with van der Waals surface area (Å²) in [5.41, 5.74) is 0.490. The van der Waals surface area contributed by atoms with Gasteiger partial charge in [0.1, 0.15) is 6.29 Å². The summed E-state index contributed by atoms with van der Waals surface area (Å²) in [6.07, 6.45) is 9.27. The smallest absolute Gasteiger partial charge is 0.311 e. The predicted molar refractivity (Wildman–Crippen MR) is 86.6 cm³/mol. The van der Waals surface area contributed by atoms with Gasteiger partial charge in [0.05, 0.1) is 7.11 Å². The third-order valence-corrected chi connectivity index (χ3v) is 3.53. The predicted octanol–water partition coefficient (Wildman–Crippen LogP) is 4.55. The van der Waals surface area contributed by atoms with Crippen LogP contribution in [0.5, 0.6) is 11.5 Å². The minimum Gasteiger partial charge on any atom is -0.493 e. The maximum absolute atomic E-state index is 11.8. The Morgan fingerprint density at radius 1 is 1.05 bits per heavy atom. The van der Waals surface area contributed by atoms with E-state index < -0.39 is 0 Å². The average Bonchev–Trinajstić information content (AvgIpc) is 2.54. The SMILES string of the molecule is CCCCCCCCCC(=O)Oc1ccc(C=O)cc1OC. The topological polar surface area (TPSA) is 52.6 Å². The molecule has 0 aliphatic rings. The van der Waals surface area contributed by atoms with Crippen molar-refractivity contribution in [1.29, 1.82) is 0 Å². The number of rotatable bonds is 11. The molecule has 0 saturated heterocycles. The molecule has 4 nitrogen and oxygen atoms in total. The first-order valence-corrected chi connectivity index (χ1v) is 8.05. The molecule has 0 atom stereocenters. The lowest BCUT2D eigenvalue weighted by atomic mass is 10.1. The molecule has 0 unspecified atom stereocenters. The molecule has 0 heterocycles. The molecule has 1 aromatic carbocycles. The van der Waals surface area contributed by atoms with Crippen LogP contribution in [0.15, 0.2) is 18.2 Å². The van der Waals surface area contributed by atoms with Crippen LogP contribution in [0.1, 0.15) is 68.6 Å². The van der Waals surface area contributed by atoms with Crippen molar-refractivity contribution in [3.05, 3.63) is 23.8 Å². The van der Waals surface area contributed by atoms with Gasteiger partial charge in [-0.15, -0.1) is 0 Å². The maximum atomic E-state index is 11.8. The van der Waals surface area contributed by atoms with Gasteiger partial charge in [0, 0.05) is 12.0 Å². The molecule has 22 heavy (non-hydrogen) atoms. The number of carbonyl (C=O) groups is 2. The number of hydrogen-bond acceptors (Lipinski definition) is 4. The third kappa shape index (κ3) is 6.74. The number of unbranched alkanes of at least 4 members (excludes halogenated alkanes) is 6. The van der Waals surface area contributed by atoms with Crippen molar-refractivity contribution in [1.82, 2.24) is 0 Å². The summed E-state index contributed by atoms with van der Waals surface area (Å²) < 4.78 is 10.4. The van der Waals surface area contributed by atoms with E-state index in [2.05, 4.69) is 6.92 Å². The molecule has 0 aliphatic heterocycles. The lowest BCUT2D eigenvalue weighted by Crippen LogP contribution is -2.08. The second-order valence-corrected chi connectivity index (χ2v) is 5.37. The lowest BCUT2D eigenvalue weighted by molar-refractivity contribution is -0.134. The lowest BCUT2D eigenvalue weighted by Gasteiger charge is -2.09. The van der Waals surface area contributed by atoms with Gasteiger partial charge in [0.25, 0.3) is 0 Å². The van der Waals surface area contributed by atoms with Crippen LogP contribution in [-0.4, -0.2) is 19.4 Å². The van der Waals surface area contributed by atoms with Crippen molar-refractivity contribution >= 4 is 12.3 Å². The zero-order chi connectivity index (χ0) is 16.2. The van der Waals surface area contributed by atoms with E-state index in [1.165, 1.54) is 39.2 Å². The van der Waals surface area contributed by atoms with E-state index in [-0.39, 0.29) is 5.97 Å². The minimum atomic E-state index is -0.259. The standard InChI is InChI=1S/C18H26O4/c1-3-4-5-6-7-8-9-10-18(20)22-16-12-11-15(14-19)13-17(16)21-2/h11-14H,3-10H2,1-2H3. The van der Waals surface area contributed by atoms with Crippen LogP contribution in [0.25, 0.3) is 0 Å². The Labute approximate surface area is 132 Å². The Morgan fingerprint density at radius 3 is 2.36 bits per heavy atom. The molecule has 0 aliphatic carbocycles. The molecule has 0 bridgehead atoms. The summed E-state index contributed by atoms with van der Waals surface area (Å²) in [4.78, 5) is 22.5. The Hall–Kier alpha value is -1.84. The Kier molecular flexibility index (Phi) is 8.96. The van der Waals surface area contributed by atoms with Crippen LogP contribution in [0.3, 0.4) is 0 Å². The van der Waals surface area contributed by atoms with E-state index in [9.17, 15) is 9.59 Å². The first-order valence-electron chi connectivity index (χ1n) is 8.05. The number of aldehydes is 1. The quantitative estimate of drug-likeness (QED) is 0.260. The summed E-state index contributed by atoms with van der Waals surface area (Å²) in [5.74, 6) is 0.504. The molecule has 4 heteroatoms. The summed E-state index contributed by atoms with van der Waals surface area (Å²) in [6, 6.07) is 4.75. The van der Waals surface area contributed by atoms with Gasteiger partial charge < -0.3 is 9.47 Å². The highest BCUT2D eigenvalue weighted by molar-refractivity contribution is 5.78. The van der Waals surface area contributed by atoms with Crippen molar-refractivity contribution in [3.8, 4) is 11.5 Å². The third-order valence-electron chi connectivity index (χ3n) is 3.53. The largest absolute Gasteiger partial charge is 0.493 e. The number of ether oxygens (including phenoxy) is 2. The van der Waals surface area contributed by atoms with Crippen molar-refractivity contribution in [3.63, 3.8) is 0 Å². The first-order chi connectivity index (χ1) is 10.7. The second kappa shape index (κ2) is 10.8. The number of benzene rings is 1. The van der Waals surface area contributed by atoms with Gasteiger partial charge in [-0.1, -0.05) is 45.4 Å². The van der Waals surface area contributed by atoms with E-state index in [0.29, 0.717) is 23.5 Å². The Balaban J connectivity index is 2.31. The highest BCUT2D eigenvalue weighted by Crippen LogP contribution is 2.28. The van der Waals surface area contributed by atoms with Crippen LogP contribution in [0.4, 0.5) is 0 Å². The van der Waals surface area contributed by atoms with Crippen LogP contribution in [0.2, 0.25) is 0 Å². The van der Waals surface area contributed by atoms with Crippen molar-refractivity contribution in [2.45, 2.75) is 58.3 Å². The van der Waals surface area contributed by atoms with E-state index in [1.807, 2.05) is 0 Å². The minimum absolute atomic E-state index is 0.259. The zero-order valence-electron chi connectivity index (χ0n) is 13.6. The van der Waals surface area contributed by atoms with Crippen LogP contribution in [0, 0.1) is 0 Å². The maximum Gasteiger partial charge on any atom is 0.311 e.